The molecule has 2 aromatic rings. The van der Waals surface area contributed by atoms with Crippen molar-refractivity contribution >= 4 is 46.8 Å². The summed E-state index contributed by atoms with van der Waals surface area (Å²) in [5, 5.41) is 0.306. The highest BCUT2D eigenvalue weighted by Gasteiger charge is 2.40. The Morgan fingerprint density at radius 2 is 1.64 bits per heavy atom. The van der Waals surface area contributed by atoms with Crippen molar-refractivity contribution in [3.63, 3.8) is 0 Å². The number of imide groups is 1. The van der Waals surface area contributed by atoms with E-state index >= 15 is 0 Å². The number of hydrogen-bond acceptors (Lipinski definition) is 7. The standard InChI is InChI=1S/C28H31ClN4O6/c1-3-39-28(37)32-15-13-31(14-16-32)25(34)18-9-11-30(12-10-18)22-6-4-5-20-24(22)27(36)33(26(20)35)19-7-8-23(38-2)21(29)17-19/h4-8,17-18H,3,9-16H2,1-2H3. The summed E-state index contributed by atoms with van der Waals surface area (Å²) in [6, 6.07) is 10.1. The summed E-state index contributed by atoms with van der Waals surface area (Å²) in [6.07, 6.45) is 0.941. The van der Waals surface area contributed by atoms with Crippen molar-refractivity contribution in [3.05, 3.63) is 52.5 Å². The number of rotatable bonds is 5. The number of anilines is 2. The Bertz CT molecular complexity index is 1300. The lowest BCUT2D eigenvalue weighted by Gasteiger charge is -2.39. The SMILES string of the molecule is CCOC(=O)N1CCN(C(=O)C2CCN(c3cccc4c3C(=O)N(c3ccc(OC)c(Cl)c3)C4=O)CC2)CC1. The molecule has 39 heavy (non-hydrogen) atoms. The predicted molar refractivity (Wildman–Crippen MR) is 146 cm³/mol. The van der Waals surface area contributed by atoms with Gasteiger partial charge in [0.2, 0.25) is 5.91 Å². The van der Waals surface area contributed by atoms with Crippen LogP contribution in [0.5, 0.6) is 5.75 Å². The zero-order valence-corrected chi connectivity index (χ0v) is 22.8. The highest BCUT2D eigenvalue weighted by Crippen LogP contribution is 2.38. The topological polar surface area (TPSA) is 99.7 Å². The van der Waals surface area contributed by atoms with E-state index in [1.807, 2.05) is 11.0 Å². The number of piperazine rings is 1. The van der Waals surface area contributed by atoms with E-state index in [-0.39, 0.29) is 17.9 Å². The Morgan fingerprint density at radius 1 is 0.949 bits per heavy atom. The van der Waals surface area contributed by atoms with Gasteiger partial charge < -0.3 is 24.2 Å². The smallest absolute Gasteiger partial charge is 0.409 e. The Kier molecular flexibility index (Phi) is 7.65. The van der Waals surface area contributed by atoms with Crippen LogP contribution in [0, 0.1) is 5.92 Å². The first-order valence-corrected chi connectivity index (χ1v) is 13.5. The van der Waals surface area contributed by atoms with Crippen molar-refractivity contribution < 1.29 is 28.7 Å². The van der Waals surface area contributed by atoms with E-state index in [2.05, 4.69) is 4.90 Å². The summed E-state index contributed by atoms with van der Waals surface area (Å²) in [5.74, 6) is -0.363. The molecular formula is C28H31ClN4O6. The van der Waals surface area contributed by atoms with Crippen LogP contribution in [0.1, 0.15) is 40.5 Å². The molecule has 206 valence electrons. The third kappa shape index (κ3) is 5.01. The molecule has 0 aliphatic carbocycles. The molecule has 10 nitrogen and oxygen atoms in total. The van der Waals surface area contributed by atoms with Crippen LogP contribution in [0.25, 0.3) is 0 Å². The fourth-order valence-corrected chi connectivity index (χ4v) is 5.76. The van der Waals surface area contributed by atoms with Gasteiger partial charge in [-0.05, 0) is 50.1 Å². The van der Waals surface area contributed by atoms with Gasteiger partial charge in [-0.15, -0.1) is 0 Å². The van der Waals surface area contributed by atoms with Crippen LogP contribution >= 0.6 is 11.6 Å². The molecule has 0 unspecified atom stereocenters. The third-order valence-electron chi connectivity index (χ3n) is 7.59. The van der Waals surface area contributed by atoms with Gasteiger partial charge in [0, 0.05) is 45.2 Å². The number of amides is 4. The molecule has 0 bridgehead atoms. The molecule has 4 amide bonds. The highest BCUT2D eigenvalue weighted by atomic mass is 35.5. The molecule has 3 heterocycles. The van der Waals surface area contributed by atoms with E-state index in [0.29, 0.717) is 92.0 Å². The molecule has 2 aromatic carbocycles. The maximum absolute atomic E-state index is 13.5. The minimum atomic E-state index is -0.399. The molecule has 0 radical (unpaired) electrons. The van der Waals surface area contributed by atoms with Crippen LogP contribution in [-0.2, 0) is 9.53 Å². The van der Waals surface area contributed by atoms with Crippen molar-refractivity contribution in [1.29, 1.82) is 0 Å². The fourth-order valence-electron chi connectivity index (χ4n) is 5.51. The van der Waals surface area contributed by atoms with Crippen molar-refractivity contribution in [2.75, 3.05) is 62.8 Å². The molecule has 2 saturated heterocycles. The van der Waals surface area contributed by atoms with Gasteiger partial charge in [0.25, 0.3) is 11.8 Å². The van der Waals surface area contributed by atoms with Crippen molar-refractivity contribution in [2.45, 2.75) is 19.8 Å². The van der Waals surface area contributed by atoms with Crippen LogP contribution in [-0.4, -0.2) is 86.6 Å². The molecule has 2 fully saturated rings. The first kappa shape index (κ1) is 26.8. The predicted octanol–water partition coefficient (Wildman–Crippen LogP) is 3.67. The molecule has 3 aliphatic rings. The van der Waals surface area contributed by atoms with Gasteiger partial charge in [-0.2, -0.15) is 0 Å². The molecule has 0 spiro atoms. The second-order valence-corrected chi connectivity index (χ2v) is 10.1. The highest BCUT2D eigenvalue weighted by molar-refractivity contribution is 6.37. The number of nitrogens with zero attached hydrogens (tertiary/aromatic N) is 4. The fraction of sp³-hybridized carbons (Fsp3) is 0.429. The van der Waals surface area contributed by atoms with Gasteiger partial charge in [-0.1, -0.05) is 17.7 Å². The second kappa shape index (κ2) is 11.1. The van der Waals surface area contributed by atoms with Gasteiger partial charge >= 0.3 is 6.09 Å². The molecule has 0 N–H and O–H groups in total. The average molecular weight is 555 g/mol. The summed E-state index contributed by atoms with van der Waals surface area (Å²) in [6.45, 7) is 5.19. The summed E-state index contributed by atoms with van der Waals surface area (Å²) in [5.41, 5.74) is 1.80. The number of halogens is 1. The number of fused-ring (bicyclic) bond motifs is 1. The summed E-state index contributed by atoms with van der Waals surface area (Å²) in [7, 11) is 1.50. The molecule has 0 saturated carbocycles. The largest absolute Gasteiger partial charge is 0.495 e. The zero-order valence-electron chi connectivity index (χ0n) is 22.0. The van der Waals surface area contributed by atoms with E-state index in [4.69, 9.17) is 21.1 Å². The molecule has 0 atom stereocenters. The minimum Gasteiger partial charge on any atom is -0.495 e. The normalized spacial score (nSPS) is 17.9. The van der Waals surface area contributed by atoms with Crippen LogP contribution in [0.15, 0.2) is 36.4 Å². The molecule has 0 aromatic heterocycles. The maximum atomic E-state index is 13.5. The first-order chi connectivity index (χ1) is 18.8. The van der Waals surface area contributed by atoms with E-state index < -0.39 is 11.8 Å². The van der Waals surface area contributed by atoms with Crippen LogP contribution in [0.2, 0.25) is 5.02 Å². The Labute approximate surface area is 232 Å². The lowest BCUT2D eigenvalue weighted by Crippen LogP contribution is -2.53. The van der Waals surface area contributed by atoms with Gasteiger partial charge in [0.05, 0.1) is 41.2 Å². The Morgan fingerprint density at radius 3 is 2.28 bits per heavy atom. The van der Waals surface area contributed by atoms with Crippen molar-refractivity contribution in [3.8, 4) is 5.75 Å². The molecule has 3 aliphatic heterocycles. The lowest BCUT2D eigenvalue weighted by atomic mass is 9.93. The number of carbonyl (C=O) groups is 4. The quantitative estimate of drug-likeness (QED) is 0.520. The molecular weight excluding hydrogens is 524 g/mol. The average Bonchev–Trinajstić information content (AvgIpc) is 3.22. The molecule has 11 heteroatoms. The number of ether oxygens (including phenoxy) is 2. The zero-order chi connectivity index (χ0) is 27.7. The van der Waals surface area contributed by atoms with E-state index in [9.17, 15) is 19.2 Å². The van der Waals surface area contributed by atoms with E-state index in [0.717, 1.165) is 4.90 Å². The maximum Gasteiger partial charge on any atom is 0.409 e. The lowest BCUT2D eigenvalue weighted by molar-refractivity contribution is -0.137. The minimum absolute atomic E-state index is 0.102. The van der Waals surface area contributed by atoms with Crippen LogP contribution in [0.3, 0.4) is 0 Å². The summed E-state index contributed by atoms with van der Waals surface area (Å²) < 4.78 is 10.2. The van der Waals surface area contributed by atoms with E-state index in [1.165, 1.54) is 7.11 Å². The van der Waals surface area contributed by atoms with Gasteiger partial charge in [0.1, 0.15) is 5.75 Å². The number of hydrogen-bond donors (Lipinski definition) is 0. The number of benzene rings is 2. The van der Waals surface area contributed by atoms with Crippen LogP contribution < -0.4 is 14.5 Å². The van der Waals surface area contributed by atoms with Crippen molar-refractivity contribution in [2.24, 2.45) is 5.92 Å². The summed E-state index contributed by atoms with van der Waals surface area (Å²) in [4.78, 5) is 58.6. The number of methoxy groups -OCH3 is 1. The number of carbonyl (C=O) groups excluding carboxylic acids is 4. The van der Waals surface area contributed by atoms with Crippen molar-refractivity contribution in [1.82, 2.24) is 9.80 Å². The van der Waals surface area contributed by atoms with Crippen LogP contribution in [0.4, 0.5) is 16.2 Å². The second-order valence-electron chi connectivity index (χ2n) is 9.74. The Hall–Kier alpha value is -3.79. The van der Waals surface area contributed by atoms with E-state index in [1.54, 1.807) is 42.2 Å². The van der Waals surface area contributed by atoms with Gasteiger partial charge in [-0.25, -0.2) is 9.69 Å². The Balaban J connectivity index is 1.25. The number of piperidine rings is 1. The first-order valence-electron chi connectivity index (χ1n) is 13.1. The van der Waals surface area contributed by atoms with Gasteiger partial charge in [0.15, 0.2) is 0 Å². The molecule has 5 rings (SSSR count). The van der Waals surface area contributed by atoms with Gasteiger partial charge in [-0.3, -0.25) is 14.4 Å². The third-order valence-corrected chi connectivity index (χ3v) is 7.88. The monoisotopic (exact) mass is 554 g/mol. The summed E-state index contributed by atoms with van der Waals surface area (Å²) >= 11 is 6.26.